The Labute approximate surface area is 156 Å². The third-order valence-corrected chi connectivity index (χ3v) is 3.81. The first-order valence-electron chi connectivity index (χ1n) is 7.49. The van der Waals surface area contributed by atoms with Crippen LogP contribution in [-0.4, -0.2) is 37.5 Å². The van der Waals surface area contributed by atoms with Crippen LogP contribution in [0.3, 0.4) is 0 Å². The quantitative estimate of drug-likeness (QED) is 0.773. The van der Waals surface area contributed by atoms with E-state index in [2.05, 4.69) is 10.1 Å². The van der Waals surface area contributed by atoms with Crippen LogP contribution in [0.4, 0.5) is 5.69 Å². The van der Waals surface area contributed by atoms with E-state index >= 15 is 0 Å². The van der Waals surface area contributed by atoms with Crippen LogP contribution in [0.1, 0.15) is 15.9 Å². The summed E-state index contributed by atoms with van der Waals surface area (Å²) in [6.45, 7) is 0.734. The molecule has 0 bridgehead atoms. The van der Waals surface area contributed by atoms with Crippen molar-refractivity contribution >= 4 is 40.8 Å². The summed E-state index contributed by atoms with van der Waals surface area (Å²) in [5, 5.41) is 3.90. The molecule has 0 atom stereocenters. The standard InChI is InChI=1S/C18H18Cl2N2O3/c1-22(10-12-7-14(19)9-15(20)8-12)11-17(23)21-16-5-3-13(4-6-16)18(24)25-2/h3-9H,10-11H2,1-2H3,(H,21,23). The Morgan fingerprint density at radius 3 is 2.24 bits per heavy atom. The summed E-state index contributed by atoms with van der Waals surface area (Å²) >= 11 is 12.0. The number of likely N-dealkylation sites (N-methyl/N-ethyl adjacent to an activating group) is 1. The number of esters is 1. The van der Waals surface area contributed by atoms with Gasteiger partial charge in [0, 0.05) is 22.3 Å². The van der Waals surface area contributed by atoms with Gasteiger partial charge in [-0.2, -0.15) is 0 Å². The van der Waals surface area contributed by atoms with Crippen LogP contribution in [0.25, 0.3) is 0 Å². The van der Waals surface area contributed by atoms with Crippen LogP contribution < -0.4 is 5.32 Å². The molecule has 0 aliphatic carbocycles. The van der Waals surface area contributed by atoms with Crippen LogP contribution in [0, 0.1) is 0 Å². The number of benzene rings is 2. The SMILES string of the molecule is COC(=O)c1ccc(NC(=O)CN(C)Cc2cc(Cl)cc(Cl)c2)cc1. The van der Waals surface area contributed by atoms with Crippen LogP contribution in [0.5, 0.6) is 0 Å². The molecule has 25 heavy (non-hydrogen) atoms. The highest BCUT2D eigenvalue weighted by Crippen LogP contribution is 2.20. The van der Waals surface area contributed by atoms with E-state index in [1.54, 1.807) is 30.3 Å². The molecule has 1 N–H and O–H groups in total. The van der Waals surface area contributed by atoms with Crippen LogP contribution in [0.2, 0.25) is 10.0 Å². The fourth-order valence-corrected chi connectivity index (χ4v) is 2.89. The second kappa shape index (κ2) is 8.85. The van der Waals surface area contributed by atoms with Gasteiger partial charge in [0.25, 0.3) is 0 Å². The van der Waals surface area contributed by atoms with E-state index in [0.717, 1.165) is 5.56 Å². The molecule has 2 aromatic rings. The molecule has 2 rings (SSSR count). The predicted octanol–water partition coefficient (Wildman–Crippen LogP) is 3.85. The normalized spacial score (nSPS) is 10.6. The average molecular weight is 381 g/mol. The fourth-order valence-electron chi connectivity index (χ4n) is 2.32. The Kier molecular flexibility index (Phi) is 6.82. The molecule has 0 fully saturated rings. The topological polar surface area (TPSA) is 58.6 Å². The second-order valence-electron chi connectivity index (χ2n) is 5.57. The fraction of sp³-hybridized carbons (Fsp3) is 0.222. The first-order valence-corrected chi connectivity index (χ1v) is 8.24. The predicted molar refractivity (Wildman–Crippen MR) is 99.2 cm³/mol. The number of carbonyl (C=O) groups is 2. The zero-order chi connectivity index (χ0) is 18.4. The van der Waals surface area contributed by atoms with Gasteiger partial charge in [-0.3, -0.25) is 9.69 Å². The van der Waals surface area contributed by atoms with Crippen molar-refractivity contribution in [3.63, 3.8) is 0 Å². The van der Waals surface area contributed by atoms with E-state index in [1.807, 2.05) is 24.1 Å². The highest BCUT2D eigenvalue weighted by Gasteiger charge is 2.10. The van der Waals surface area contributed by atoms with Crippen molar-refractivity contribution in [2.45, 2.75) is 6.54 Å². The van der Waals surface area contributed by atoms with Crippen molar-refractivity contribution in [2.75, 3.05) is 26.0 Å². The third-order valence-electron chi connectivity index (χ3n) is 3.38. The molecule has 132 valence electrons. The molecule has 0 saturated heterocycles. The number of methoxy groups -OCH3 is 1. The summed E-state index contributed by atoms with van der Waals surface area (Å²) in [4.78, 5) is 25.4. The number of nitrogens with one attached hydrogen (secondary N) is 1. The zero-order valence-corrected chi connectivity index (χ0v) is 15.4. The maximum absolute atomic E-state index is 12.1. The minimum Gasteiger partial charge on any atom is -0.465 e. The molecule has 0 aliphatic heterocycles. The van der Waals surface area contributed by atoms with Gasteiger partial charge in [-0.1, -0.05) is 23.2 Å². The molecule has 0 unspecified atom stereocenters. The van der Waals surface area contributed by atoms with Crippen LogP contribution >= 0.6 is 23.2 Å². The van der Waals surface area contributed by atoms with E-state index in [1.165, 1.54) is 7.11 Å². The average Bonchev–Trinajstić information content (AvgIpc) is 2.53. The lowest BCUT2D eigenvalue weighted by atomic mass is 10.2. The van der Waals surface area contributed by atoms with Crippen molar-refractivity contribution in [2.24, 2.45) is 0 Å². The largest absolute Gasteiger partial charge is 0.465 e. The van der Waals surface area contributed by atoms with Crippen molar-refractivity contribution in [1.82, 2.24) is 4.90 Å². The minimum atomic E-state index is -0.419. The molecule has 0 heterocycles. The number of anilines is 1. The number of hydrogen-bond donors (Lipinski definition) is 1. The second-order valence-corrected chi connectivity index (χ2v) is 6.44. The van der Waals surface area contributed by atoms with Gasteiger partial charge in [-0.25, -0.2) is 4.79 Å². The molecule has 0 aromatic heterocycles. The van der Waals surface area contributed by atoms with Crippen molar-refractivity contribution in [1.29, 1.82) is 0 Å². The molecular formula is C18H18Cl2N2O3. The van der Waals surface area contributed by atoms with E-state index in [-0.39, 0.29) is 12.5 Å². The lowest BCUT2D eigenvalue weighted by Gasteiger charge is -2.17. The van der Waals surface area contributed by atoms with Gasteiger partial charge in [-0.05, 0) is 55.1 Å². The number of ether oxygens (including phenoxy) is 1. The monoisotopic (exact) mass is 380 g/mol. The van der Waals surface area contributed by atoms with Gasteiger partial charge >= 0.3 is 5.97 Å². The van der Waals surface area contributed by atoms with Crippen molar-refractivity contribution in [3.8, 4) is 0 Å². The third kappa shape index (κ3) is 6.05. The summed E-state index contributed by atoms with van der Waals surface area (Å²) in [6, 6.07) is 11.8. The highest BCUT2D eigenvalue weighted by molar-refractivity contribution is 6.34. The lowest BCUT2D eigenvalue weighted by Crippen LogP contribution is -2.29. The first kappa shape index (κ1) is 19.2. The summed E-state index contributed by atoms with van der Waals surface area (Å²) in [6.07, 6.45) is 0. The summed E-state index contributed by atoms with van der Waals surface area (Å²) in [5.74, 6) is -0.584. The van der Waals surface area contributed by atoms with Gasteiger partial charge in [0.2, 0.25) is 5.91 Å². The Hall–Kier alpha value is -2.08. The smallest absolute Gasteiger partial charge is 0.337 e. The summed E-state index contributed by atoms with van der Waals surface area (Å²) in [7, 11) is 3.15. The Balaban J connectivity index is 1.89. The summed E-state index contributed by atoms with van der Waals surface area (Å²) < 4.78 is 4.63. The molecule has 0 radical (unpaired) electrons. The van der Waals surface area contributed by atoms with E-state index in [9.17, 15) is 9.59 Å². The minimum absolute atomic E-state index is 0.165. The van der Waals surface area contributed by atoms with Gasteiger partial charge in [0.1, 0.15) is 0 Å². The van der Waals surface area contributed by atoms with Gasteiger partial charge in [0.15, 0.2) is 0 Å². The summed E-state index contributed by atoms with van der Waals surface area (Å²) in [5.41, 5.74) is 1.96. The van der Waals surface area contributed by atoms with E-state index < -0.39 is 5.97 Å². The van der Waals surface area contributed by atoms with Gasteiger partial charge < -0.3 is 10.1 Å². The highest BCUT2D eigenvalue weighted by atomic mass is 35.5. The number of nitrogens with zero attached hydrogens (tertiary/aromatic N) is 1. The lowest BCUT2D eigenvalue weighted by molar-refractivity contribution is -0.117. The van der Waals surface area contributed by atoms with E-state index in [4.69, 9.17) is 23.2 Å². The molecule has 0 saturated carbocycles. The zero-order valence-electron chi connectivity index (χ0n) is 13.9. The number of carbonyl (C=O) groups excluding carboxylic acids is 2. The number of amides is 1. The molecule has 5 nitrogen and oxygen atoms in total. The Bertz CT molecular complexity index is 743. The molecule has 0 spiro atoms. The molecule has 1 amide bonds. The molecular weight excluding hydrogens is 363 g/mol. The number of hydrogen-bond acceptors (Lipinski definition) is 4. The van der Waals surface area contributed by atoms with Gasteiger partial charge in [0.05, 0.1) is 19.2 Å². The van der Waals surface area contributed by atoms with E-state index in [0.29, 0.717) is 27.8 Å². The first-order chi connectivity index (χ1) is 11.9. The molecule has 0 aliphatic rings. The van der Waals surface area contributed by atoms with Gasteiger partial charge in [-0.15, -0.1) is 0 Å². The number of halogens is 2. The maximum atomic E-state index is 12.1. The number of rotatable bonds is 6. The Morgan fingerprint density at radius 2 is 1.68 bits per heavy atom. The Morgan fingerprint density at radius 1 is 1.08 bits per heavy atom. The van der Waals surface area contributed by atoms with Crippen LogP contribution in [-0.2, 0) is 16.1 Å². The maximum Gasteiger partial charge on any atom is 0.337 e. The molecule has 7 heteroatoms. The van der Waals surface area contributed by atoms with Crippen molar-refractivity contribution < 1.29 is 14.3 Å². The van der Waals surface area contributed by atoms with Crippen LogP contribution in [0.15, 0.2) is 42.5 Å². The van der Waals surface area contributed by atoms with Crippen molar-refractivity contribution in [3.05, 3.63) is 63.6 Å². The molecule has 2 aromatic carbocycles.